The first-order valence-electron chi connectivity index (χ1n) is 8.12. The molecule has 0 aliphatic heterocycles. The molecule has 6 nitrogen and oxygen atoms in total. The van der Waals surface area contributed by atoms with Crippen molar-refractivity contribution in [1.82, 2.24) is 25.5 Å². The van der Waals surface area contributed by atoms with Gasteiger partial charge in [0.05, 0.1) is 11.8 Å². The van der Waals surface area contributed by atoms with Gasteiger partial charge in [-0.25, -0.2) is 4.68 Å². The fourth-order valence-electron chi connectivity index (χ4n) is 2.29. The molecule has 0 bridgehead atoms. The molecule has 0 saturated heterocycles. The molecule has 1 amide bonds. The molecule has 1 N–H and O–H groups in total. The molecule has 0 aliphatic rings. The summed E-state index contributed by atoms with van der Waals surface area (Å²) >= 11 is 1.36. The number of benzene rings is 1. The van der Waals surface area contributed by atoms with Crippen molar-refractivity contribution in [3.8, 4) is 0 Å². The number of carbonyl (C=O) groups is 1. The average Bonchev–Trinajstić information content (AvgIpc) is 2.94. The van der Waals surface area contributed by atoms with Gasteiger partial charge in [-0.3, -0.25) is 4.79 Å². The van der Waals surface area contributed by atoms with Crippen molar-refractivity contribution in [1.29, 1.82) is 0 Å². The maximum Gasteiger partial charge on any atom is 0.230 e. The van der Waals surface area contributed by atoms with E-state index in [1.54, 1.807) is 4.68 Å². The summed E-state index contributed by atoms with van der Waals surface area (Å²) < 4.78 is 1.75. The Morgan fingerprint density at radius 1 is 1.25 bits per heavy atom. The summed E-state index contributed by atoms with van der Waals surface area (Å²) in [4.78, 5) is 12.2. The van der Waals surface area contributed by atoms with E-state index in [2.05, 4.69) is 66.7 Å². The molecule has 1 unspecified atom stereocenters. The van der Waals surface area contributed by atoms with Crippen molar-refractivity contribution in [2.24, 2.45) is 5.92 Å². The van der Waals surface area contributed by atoms with E-state index < -0.39 is 0 Å². The summed E-state index contributed by atoms with van der Waals surface area (Å²) in [6, 6.07) is 6.24. The molecule has 1 aromatic carbocycles. The highest BCUT2D eigenvalue weighted by Crippen LogP contribution is 2.18. The summed E-state index contributed by atoms with van der Waals surface area (Å²) in [7, 11) is 0. The minimum atomic E-state index is -0.0240. The number of hydrogen-bond donors (Lipinski definition) is 1. The lowest BCUT2D eigenvalue weighted by molar-refractivity contribution is -0.119. The number of amides is 1. The van der Waals surface area contributed by atoms with E-state index in [9.17, 15) is 4.79 Å². The van der Waals surface area contributed by atoms with Crippen molar-refractivity contribution in [2.75, 3.05) is 5.75 Å². The van der Waals surface area contributed by atoms with E-state index in [1.165, 1.54) is 22.9 Å². The van der Waals surface area contributed by atoms with Gasteiger partial charge < -0.3 is 5.32 Å². The third-order valence-electron chi connectivity index (χ3n) is 3.78. The minimum absolute atomic E-state index is 0.0233. The molecule has 1 heterocycles. The smallest absolute Gasteiger partial charge is 0.230 e. The van der Waals surface area contributed by atoms with Crippen LogP contribution in [0.4, 0.5) is 0 Å². The fourth-order valence-corrected chi connectivity index (χ4v) is 2.99. The molecule has 2 aromatic rings. The summed E-state index contributed by atoms with van der Waals surface area (Å²) in [6.07, 6.45) is 0. The average molecular weight is 347 g/mol. The minimum Gasteiger partial charge on any atom is -0.349 e. The predicted molar refractivity (Wildman–Crippen MR) is 95.9 cm³/mol. The molecule has 130 valence electrons. The van der Waals surface area contributed by atoms with Gasteiger partial charge in [0, 0.05) is 6.54 Å². The number of thioether (sulfide) groups is 1. The molecule has 7 heteroatoms. The van der Waals surface area contributed by atoms with Crippen molar-refractivity contribution in [2.45, 2.75) is 52.4 Å². The highest BCUT2D eigenvalue weighted by Gasteiger charge is 2.14. The first-order chi connectivity index (χ1) is 11.4. The van der Waals surface area contributed by atoms with E-state index in [-0.39, 0.29) is 11.9 Å². The van der Waals surface area contributed by atoms with Crippen LogP contribution in [0.2, 0.25) is 0 Å². The Morgan fingerprint density at radius 2 is 2.00 bits per heavy atom. The molecule has 0 fully saturated rings. The fraction of sp³-hybridized carbons (Fsp3) is 0.529. The lowest BCUT2D eigenvalue weighted by atomic mass is 10.0. The van der Waals surface area contributed by atoms with Gasteiger partial charge in [-0.2, -0.15) is 0 Å². The topological polar surface area (TPSA) is 72.7 Å². The van der Waals surface area contributed by atoms with E-state index in [4.69, 9.17) is 0 Å². The summed E-state index contributed by atoms with van der Waals surface area (Å²) in [5, 5.41) is 15.3. The van der Waals surface area contributed by atoms with Gasteiger partial charge in [0.25, 0.3) is 0 Å². The summed E-state index contributed by atoms with van der Waals surface area (Å²) in [5.74, 6) is 0.726. The molecule has 0 radical (unpaired) electrons. The van der Waals surface area contributed by atoms with E-state index >= 15 is 0 Å². The monoisotopic (exact) mass is 347 g/mol. The van der Waals surface area contributed by atoms with E-state index in [0.717, 1.165) is 12.1 Å². The van der Waals surface area contributed by atoms with Crippen molar-refractivity contribution in [3.63, 3.8) is 0 Å². The van der Waals surface area contributed by atoms with Crippen LogP contribution in [0, 0.1) is 19.8 Å². The highest BCUT2D eigenvalue weighted by atomic mass is 32.2. The lowest BCUT2D eigenvalue weighted by Crippen LogP contribution is -2.28. The maximum absolute atomic E-state index is 12.2. The van der Waals surface area contributed by atoms with E-state index in [0.29, 0.717) is 16.8 Å². The number of rotatable bonds is 7. The third-order valence-corrected chi connectivity index (χ3v) is 4.74. The Hall–Kier alpha value is -1.89. The molecule has 0 spiro atoms. The Kier molecular flexibility index (Phi) is 6.36. The summed E-state index contributed by atoms with van der Waals surface area (Å²) in [5.41, 5.74) is 3.60. The number of nitrogens with zero attached hydrogens (tertiary/aromatic N) is 4. The Morgan fingerprint density at radius 3 is 2.67 bits per heavy atom. The van der Waals surface area contributed by atoms with Gasteiger partial charge in [-0.05, 0) is 53.8 Å². The van der Waals surface area contributed by atoms with Crippen LogP contribution in [0.25, 0.3) is 0 Å². The van der Waals surface area contributed by atoms with Gasteiger partial charge in [0.1, 0.15) is 0 Å². The molecule has 0 saturated carbocycles. The highest BCUT2D eigenvalue weighted by molar-refractivity contribution is 7.99. The number of hydrogen-bond acceptors (Lipinski definition) is 5. The van der Waals surface area contributed by atoms with Crippen LogP contribution in [-0.4, -0.2) is 31.9 Å². The Bertz CT molecular complexity index is 698. The van der Waals surface area contributed by atoms with Crippen molar-refractivity contribution in [3.05, 3.63) is 34.9 Å². The number of tetrazole rings is 1. The number of aromatic nitrogens is 4. The quantitative estimate of drug-likeness (QED) is 0.780. The number of carbonyl (C=O) groups excluding carboxylic acids is 1. The maximum atomic E-state index is 12.2. The van der Waals surface area contributed by atoms with Gasteiger partial charge in [-0.1, -0.05) is 43.8 Å². The molecular formula is C17H25N5OS. The molecular weight excluding hydrogens is 322 g/mol. The molecule has 24 heavy (non-hydrogen) atoms. The number of nitrogens with one attached hydrogen (secondary N) is 1. The normalized spacial score (nSPS) is 12.4. The first kappa shape index (κ1) is 18.4. The van der Waals surface area contributed by atoms with Crippen LogP contribution in [0.1, 0.15) is 43.5 Å². The zero-order valence-electron chi connectivity index (χ0n) is 14.9. The van der Waals surface area contributed by atoms with Crippen LogP contribution < -0.4 is 5.32 Å². The van der Waals surface area contributed by atoms with Crippen LogP contribution in [0.3, 0.4) is 0 Å². The SMILES string of the molecule is Cc1ccc(C(C)NC(=O)CSc2nnnn2CC(C)C)cc1C. The van der Waals surface area contributed by atoms with Crippen LogP contribution in [0.15, 0.2) is 23.4 Å². The van der Waals surface area contributed by atoms with Crippen molar-refractivity contribution < 1.29 is 4.79 Å². The summed E-state index contributed by atoms with van der Waals surface area (Å²) in [6.45, 7) is 11.1. The van der Waals surface area contributed by atoms with E-state index in [1.807, 2.05) is 6.92 Å². The molecule has 2 rings (SSSR count). The lowest BCUT2D eigenvalue weighted by Gasteiger charge is -2.15. The Labute approximate surface area is 147 Å². The van der Waals surface area contributed by atoms with Gasteiger partial charge >= 0.3 is 0 Å². The second kappa shape index (κ2) is 8.28. The van der Waals surface area contributed by atoms with Crippen LogP contribution in [0.5, 0.6) is 0 Å². The molecule has 1 aromatic heterocycles. The van der Waals surface area contributed by atoms with Crippen LogP contribution >= 0.6 is 11.8 Å². The largest absolute Gasteiger partial charge is 0.349 e. The van der Waals surface area contributed by atoms with Crippen LogP contribution in [-0.2, 0) is 11.3 Å². The number of aryl methyl sites for hydroxylation is 2. The molecule has 1 atom stereocenters. The zero-order valence-corrected chi connectivity index (χ0v) is 15.7. The molecule has 0 aliphatic carbocycles. The van der Waals surface area contributed by atoms with Gasteiger partial charge in [0.2, 0.25) is 11.1 Å². The first-order valence-corrected chi connectivity index (χ1v) is 9.11. The van der Waals surface area contributed by atoms with Gasteiger partial charge in [0.15, 0.2) is 0 Å². The predicted octanol–water partition coefficient (Wildman–Crippen LogP) is 2.92. The Balaban J connectivity index is 1.89. The second-order valence-corrected chi connectivity index (χ2v) is 7.40. The van der Waals surface area contributed by atoms with Gasteiger partial charge in [-0.15, -0.1) is 5.10 Å². The zero-order chi connectivity index (χ0) is 17.7. The van der Waals surface area contributed by atoms with Crippen molar-refractivity contribution >= 4 is 17.7 Å². The standard InChI is InChI=1S/C17H25N5OS/c1-11(2)9-22-17(19-20-21-22)24-10-16(23)18-14(5)15-7-6-12(3)13(4)8-15/h6-8,11,14H,9-10H2,1-5H3,(H,18,23). The second-order valence-electron chi connectivity index (χ2n) is 6.46. The third kappa shape index (κ3) is 5.06.